The van der Waals surface area contributed by atoms with Gasteiger partial charge in [-0.25, -0.2) is 0 Å². The third kappa shape index (κ3) is 1.09. The van der Waals surface area contributed by atoms with E-state index in [9.17, 15) is 0 Å². The van der Waals surface area contributed by atoms with E-state index in [1.807, 2.05) is 0 Å². The van der Waals surface area contributed by atoms with E-state index in [1.165, 1.54) is 6.20 Å². The third-order valence-electron chi connectivity index (χ3n) is 1.14. The van der Waals surface area contributed by atoms with E-state index in [2.05, 4.69) is 10.2 Å². The van der Waals surface area contributed by atoms with Gasteiger partial charge >= 0.3 is 0 Å². The minimum absolute atomic E-state index is 0.0770. The highest BCUT2D eigenvalue weighted by Crippen LogP contribution is 2.02. The lowest BCUT2D eigenvalue weighted by molar-refractivity contribution is 0.257. The number of nitrogens with one attached hydrogen (secondary N) is 1. The van der Waals surface area contributed by atoms with Crippen molar-refractivity contribution in [1.82, 2.24) is 10.2 Å². The second kappa shape index (κ2) is 2.61. The fourth-order valence-electron chi connectivity index (χ4n) is 0.611. The Bertz CT molecular complexity index is 166. The molecule has 1 aromatic rings. The molecule has 1 rings (SSSR count). The quantitative estimate of drug-likeness (QED) is 0.498. The van der Waals surface area contributed by atoms with Crippen molar-refractivity contribution in [2.24, 2.45) is 0 Å². The Morgan fingerprint density at radius 1 is 1.44 bits per heavy atom. The molecule has 0 spiro atoms. The van der Waals surface area contributed by atoms with Crippen LogP contribution < -0.4 is 0 Å². The smallest absolute Gasteiger partial charge is 0.0850 e. The molecule has 0 saturated heterocycles. The predicted molar refractivity (Wildman–Crippen MR) is 30.4 cm³/mol. The van der Waals surface area contributed by atoms with Crippen molar-refractivity contribution in [2.75, 3.05) is 0 Å². The van der Waals surface area contributed by atoms with E-state index in [-0.39, 0.29) is 13.2 Å². The van der Waals surface area contributed by atoms with Crippen molar-refractivity contribution < 1.29 is 10.2 Å². The maximum Gasteiger partial charge on any atom is 0.0850 e. The number of aliphatic hydroxyl groups is 2. The average Bonchev–Trinajstić information content (AvgIpc) is 2.33. The number of rotatable bonds is 2. The van der Waals surface area contributed by atoms with E-state index in [0.29, 0.717) is 11.3 Å². The summed E-state index contributed by atoms with van der Waals surface area (Å²) in [7, 11) is 0. The fourth-order valence-corrected chi connectivity index (χ4v) is 0.611. The van der Waals surface area contributed by atoms with Crippen LogP contribution in [0.3, 0.4) is 0 Å². The van der Waals surface area contributed by atoms with Gasteiger partial charge in [0.25, 0.3) is 0 Å². The van der Waals surface area contributed by atoms with E-state index in [4.69, 9.17) is 10.2 Å². The molecule has 0 saturated carbocycles. The SMILES string of the molecule is OCc1cn[nH]c1CO. The average molecular weight is 128 g/mol. The van der Waals surface area contributed by atoms with Gasteiger partial charge in [-0.3, -0.25) is 5.10 Å². The maximum absolute atomic E-state index is 8.57. The summed E-state index contributed by atoms with van der Waals surface area (Å²) in [6, 6.07) is 0. The van der Waals surface area contributed by atoms with Crippen molar-refractivity contribution >= 4 is 0 Å². The van der Waals surface area contributed by atoms with Crippen LogP contribution in [0.1, 0.15) is 11.3 Å². The highest BCUT2D eigenvalue weighted by Gasteiger charge is 1.99. The van der Waals surface area contributed by atoms with Crippen LogP contribution in [0.15, 0.2) is 6.20 Å². The summed E-state index contributed by atoms with van der Waals surface area (Å²) < 4.78 is 0. The molecular formula is C5H8N2O2. The molecular weight excluding hydrogens is 120 g/mol. The van der Waals surface area contributed by atoms with Gasteiger partial charge in [-0.1, -0.05) is 0 Å². The van der Waals surface area contributed by atoms with Crippen LogP contribution in [0.4, 0.5) is 0 Å². The van der Waals surface area contributed by atoms with Gasteiger partial charge in [0.1, 0.15) is 0 Å². The van der Waals surface area contributed by atoms with Crippen molar-refractivity contribution in [3.63, 3.8) is 0 Å². The number of aromatic amines is 1. The molecule has 0 aliphatic carbocycles. The van der Waals surface area contributed by atoms with E-state index < -0.39 is 0 Å². The second-order valence-corrected chi connectivity index (χ2v) is 1.69. The van der Waals surface area contributed by atoms with E-state index in [0.717, 1.165) is 0 Å². The normalized spacial score (nSPS) is 10.0. The Balaban J connectivity index is 2.85. The lowest BCUT2D eigenvalue weighted by Crippen LogP contribution is -1.89. The first-order valence-corrected chi connectivity index (χ1v) is 2.61. The number of aliphatic hydroxyl groups excluding tert-OH is 2. The number of hydrogen-bond acceptors (Lipinski definition) is 3. The molecule has 0 bridgehead atoms. The molecule has 4 nitrogen and oxygen atoms in total. The first kappa shape index (κ1) is 6.25. The summed E-state index contributed by atoms with van der Waals surface area (Å²) in [5.41, 5.74) is 1.23. The van der Waals surface area contributed by atoms with Gasteiger partial charge in [-0.15, -0.1) is 0 Å². The molecule has 50 valence electrons. The minimum atomic E-state index is -0.101. The van der Waals surface area contributed by atoms with Crippen LogP contribution in [-0.2, 0) is 13.2 Å². The zero-order valence-corrected chi connectivity index (χ0v) is 4.83. The first-order valence-electron chi connectivity index (χ1n) is 2.61. The molecule has 0 atom stereocenters. The standard InChI is InChI=1S/C5H8N2O2/c8-2-4-1-6-7-5(4)3-9/h1,8-9H,2-3H2,(H,6,7). The molecule has 0 radical (unpaired) electrons. The van der Waals surface area contributed by atoms with Crippen molar-refractivity contribution in [3.05, 3.63) is 17.5 Å². The summed E-state index contributed by atoms with van der Waals surface area (Å²) >= 11 is 0. The predicted octanol–water partition coefficient (Wildman–Crippen LogP) is -0.606. The van der Waals surface area contributed by atoms with Crippen LogP contribution in [0, 0.1) is 0 Å². The topological polar surface area (TPSA) is 69.1 Å². The van der Waals surface area contributed by atoms with Gasteiger partial charge in [0, 0.05) is 5.56 Å². The molecule has 0 amide bonds. The molecule has 0 unspecified atom stereocenters. The monoisotopic (exact) mass is 128 g/mol. The fraction of sp³-hybridized carbons (Fsp3) is 0.400. The maximum atomic E-state index is 8.57. The molecule has 0 fully saturated rings. The Hall–Kier alpha value is -0.870. The van der Waals surface area contributed by atoms with Crippen molar-refractivity contribution in [1.29, 1.82) is 0 Å². The summed E-state index contributed by atoms with van der Waals surface area (Å²) in [6.45, 7) is -0.178. The molecule has 0 aliphatic rings. The molecule has 4 heteroatoms. The first-order chi connectivity index (χ1) is 4.38. The summed E-state index contributed by atoms with van der Waals surface area (Å²) in [5, 5.41) is 23.3. The zero-order valence-electron chi connectivity index (χ0n) is 4.83. The Morgan fingerprint density at radius 2 is 2.22 bits per heavy atom. The van der Waals surface area contributed by atoms with Gasteiger partial charge in [-0.2, -0.15) is 5.10 Å². The van der Waals surface area contributed by atoms with E-state index in [1.54, 1.807) is 0 Å². The second-order valence-electron chi connectivity index (χ2n) is 1.69. The summed E-state index contributed by atoms with van der Waals surface area (Å²) in [5.74, 6) is 0. The van der Waals surface area contributed by atoms with Crippen LogP contribution in [-0.4, -0.2) is 20.4 Å². The molecule has 1 heterocycles. The Labute approximate surface area is 52.1 Å². The minimum Gasteiger partial charge on any atom is -0.392 e. The number of H-pyrrole nitrogens is 1. The van der Waals surface area contributed by atoms with Gasteiger partial charge < -0.3 is 10.2 Å². The molecule has 1 aromatic heterocycles. The summed E-state index contributed by atoms with van der Waals surface area (Å²) in [6.07, 6.45) is 1.49. The lowest BCUT2D eigenvalue weighted by Gasteiger charge is -1.91. The van der Waals surface area contributed by atoms with Gasteiger partial charge in [0.05, 0.1) is 25.1 Å². The van der Waals surface area contributed by atoms with Crippen molar-refractivity contribution in [3.8, 4) is 0 Å². The van der Waals surface area contributed by atoms with Gasteiger partial charge in [-0.05, 0) is 0 Å². The number of aromatic nitrogens is 2. The zero-order chi connectivity index (χ0) is 6.69. The number of hydrogen-bond donors (Lipinski definition) is 3. The Kier molecular flexibility index (Phi) is 1.81. The number of nitrogens with zero attached hydrogens (tertiary/aromatic N) is 1. The Morgan fingerprint density at radius 3 is 2.67 bits per heavy atom. The molecule has 3 N–H and O–H groups in total. The van der Waals surface area contributed by atoms with Gasteiger partial charge in [0.15, 0.2) is 0 Å². The highest BCUT2D eigenvalue weighted by molar-refractivity contribution is 5.13. The van der Waals surface area contributed by atoms with Crippen LogP contribution >= 0.6 is 0 Å². The van der Waals surface area contributed by atoms with E-state index >= 15 is 0 Å². The molecule has 0 aliphatic heterocycles. The highest BCUT2D eigenvalue weighted by atomic mass is 16.3. The van der Waals surface area contributed by atoms with Gasteiger partial charge in [0.2, 0.25) is 0 Å². The van der Waals surface area contributed by atoms with Crippen LogP contribution in [0.2, 0.25) is 0 Å². The molecule has 0 aromatic carbocycles. The van der Waals surface area contributed by atoms with Crippen LogP contribution in [0.5, 0.6) is 0 Å². The summed E-state index contributed by atoms with van der Waals surface area (Å²) in [4.78, 5) is 0. The lowest BCUT2D eigenvalue weighted by atomic mass is 10.3. The molecule has 9 heavy (non-hydrogen) atoms. The largest absolute Gasteiger partial charge is 0.392 e. The third-order valence-corrected chi connectivity index (χ3v) is 1.14. The van der Waals surface area contributed by atoms with Crippen molar-refractivity contribution in [2.45, 2.75) is 13.2 Å². The van der Waals surface area contributed by atoms with Crippen LogP contribution in [0.25, 0.3) is 0 Å².